The molecule has 1 saturated carbocycles. The molecule has 9 nitrogen and oxygen atoms in total. The highest BCUT2D eigenvalue weighted by Crippen LogP contribution is 2.50. The summed E-state index contributed by atoms with van der Waals surface area (Å²) < 4.78 is 75.5. The lowest BCUT2D eigenvalue weighted by Crippen LogP contribution is -2.58. The SMILES string of the molecule is COC1(CCO)CCN(C(=O)OC2([C@H]3COC[C@@H](c4cc(F)cc(F)c4)N3S(=O)(=O)c3ccc(Cl)cc3)CC2)CC1. The van der Waals surface area contributed by atoms with Gasteiger partial charge < -0.3 is 24.2 Å². The molecule has 41 heavy (non-hydrogen) atoms. The van der Waals surface area contributed by atoms with E-state index in [0.29, 0.717) is 56.3 Å². The van der Waals surface area contributed by atoms with Crippen LogP contribution in [0.15, 0.2) is 47.4 Å². The molecule has 5 rings (SSSR count). The van der Waals surface area contributed by atoms with Crippen LogP contribution in [0.25, 0.3) is 0 Å². The van der Waals surface area contributed by atoms with Gasteiger partial charge in [-0.2, -0.15) is 4.31 Å². The summed E-state index contributed by atoms with van der Waals surface area (Å²) in [5.41, 5.74) is -1.61. The molecule has 0 radical (unpaired) electrons. The maximum absolute atomic E-state index is 14.3. The Labute approximate surface area is 243 Å². The number of ether oxygens (including phenoxy) is 3. The minimum atomic E-state index is -4.28. The second-order valence-corrected chi connectivity index (χ2v) is 13.1. The zero-order valence-electron chi connectivity index (χ0n) is 22.6. The first-order valence-corrected chi connectivity index (χ1v) is 15.3. The predicted molar refractivity (Wildman–Crippen MR) is 145 cm³/mol. The van der Waals surface area contributed by atoms with Crippen molar-refractivity contribution in [2.24, 2.45) is 0 Å². The van der Waals surface area contributed by atoms with Crippen molar-refractivity contribution in [3.05, 3.63) is 64.7 Å². The van der Waals surface area contributed by atoms with E-state index in [-0.39, 0.29) is 30.3 Å². The van der Waals surface area contributed by atoms with Crippen molar-refractivity contribution < 1.29 is 41.3 Å². The molecular weight excluding hydrogens is 582 g/mol. The first-order chi connectivity index (χ1) is 19.5. The molecule has 1 amide bonds. The Hall–Kier alpha value is -2.35. The second-order valence-electron chi connectivity index (χ2n) is 10.8. The lowest BCUT2D eigenvalue weighted by Gasteiger charge is -2.45. The van der Waals surface area contributed by atoms with Crippen molar-refractivity contribution in [3.8, 4) is 0 Å². The van der Waals surface area contributed by atoms with Crippen LogP contribution in [0.3, 0.4) is 0 Å². The molecule has 2 atom stereocenters. The van der Waals surface area contributed by atoms with Gasteiger partial charge in [-0.25, -0.2) is 22.0 Å². The maximum atomic E-state index is 14.3. The quantitative estimate of drug-likeness (QED) is 0.473. The zero-order chi connectivity index (χ0) is 29.4. The van der Waals surface area contributed by atoms with Gasteiger partial charge in [0.2, 0.25) is 10.0 Å². The van der Waals surface area contributed by atoms with E-state index in [1.807, 2.05) is 0 Å². The van der Waals surface area contributed by atoms with Gasteiger partial charge in [-0.05, 0) is 74.1 Å². The summed E-state index contributed by atoms with van der Waals surface area (Å²) in [6.07, 6.45) is 1.69. The Morgan fingerprint density at radius 2 is 1.71 bits per heavy atom. The first kappa shape index (κ1) is 30.1. The average molecular weight is 615 g/mol. The molecule has 2 heterocycles. The number of amides is 1. The number of carbonyl (C=O) groups excluding carboxylic acids is 1. The molecule has 2 saturated heterocycles. The minimum absolute atomic E-state index is 0.0304. The average Bonchev–Trinajstić information content (AvgIpc) is 3.73. The van der Waals surface area contributed by atoms with Crippen LogP contribution in [-0.2, 0) is 24.2 Å². The molecule has 2 aliphatic heterocycles. The fourth-order valence-corrected chi connectivity index (χ4v) is 7.79. The molecule has 3 aliphatic rings. The number of benzene rings is 2. The second kappa shape index (κ2) is 11.7. The van der Waals surface area contributed by atoms with Crippen LogP contribution >= 0.6 is 11.6 Å². The van der Waals surface area contributed by atoms with E-state index >= 15 is 0 Å². The third kappa shape index (κ3) is 6.09. The fourth-order valence-electron chi connectivity index (χ4n) is 5.83. The Balaban J connectivity index is 1.45. The summed E-state index contributed by atoms with van der Waals surface area (Å²) in [5, 5.41) is 9.76. The van der Waals surface area contributed by atoms with Gasteiger partial charge >= 0.3 is 6.09 Å². The Morgan fingerprint density at radius 3 is 2.27 bits per heavy atom. The van der Waals surface area contributed by atoms with Gasteiger partial charge in [0.1, 0.15) is 17.2 Å². The number of aliphatic hydroxyl groups excluding tert-OH is 1. The monoisotopic (exact) mass is 614 g/mol. The topological polar surface area (TPSA) is 106 Å². The summed E-state index contributed by atoms with van der Waals surface area (Å²) in [7, 11) is -2.69. The summed E-state index contributed by atoms with van der Waals surface area (Å²) in [4.78, 5) is 14.8. The smallest absolute Gasteiger partial charge is 0.410 e. The predicted octanol–water partition coefficient (Wildman–Crippen LogP) is 4.28. The summed E-state index contributed by atoms with van der Waals surface area (Å²) in [6, 6.07) is 6.46. The van der Waals surface area contributed by atoms with Crippen LogP contribution in [-0.4, -0.2) is 86.1 Å². The van der Waals surface area contributed by atoms with Gasteiger partial charge in [-0.15, -0.1) is 0 Å². The van der Waals surface area contributed by atoms with Crippen LogP contribution in [0.5, 0.6) is 0 Å². The third-order valence-corrected chi connectivity index (χ3v) is 10.6. The molecule has 224 valence electrons. The highest BCUT2D eigenvalue weighted by molar-refractivity contribution is 7.89. The van der Waals surface area contributed by atoms with Gasteiger partial charge in [0.05, 0.1) is 35.8 Å². The molecule has 0 spiro atoms. The number of likely N-dealkylation sites (tertiary alicyclic amines) is 1. The van der Waals surface area contributed by atoms with Crippen molar-refractivity contribution in [1.29, 1.82) is 0 Å². The standard InChI is InChI=1S/C28H33ClF2N2O7S/c1-38-27(10-13-34)8-11-32(12-9-27)26(35)40-28(6-7-28)25-18-39-17-24(19-14-21(30)16-22(31)15-19)33(25)41(36,37)23-4-2-20(29)3-5-23/h2-5,14-16,24-25,34H,6-13,17-18H2,1H3/t24-,25+/m0/s1. The molecule has 1 N–H and O–H groups in total. The Bertz CT molecular complexity index is 1350. The van der Waals surface area contributed by atoms with Gasteiger partial charge in [-0.1, -0.05) is 11.6 Å². The van der Waals surface area contributed by atoms with Crippen molar-refractivity contribution in [1.82, 2.24) is 9.21 Å². The number of piperidine rings is 1. The summed E-state index contributed by atoms with van der Waals surface area (Å²) >= 11 is 6.00. The van der Waals surface area contributed by atoms with Crippen LogP contribution in [0.1, 0.15) is 43.7 Å². The van der Waals surface area contributed by atoms with Crippen LogP contribution < -0.4 is 0 Å². The normalized spacial score (nSPS) is 24.2. The molecule has 2 aromatic carbocycles. The van der Waals surface area contributed by atoms with Gasteiger partial charge in [0.15, 0.2) is 0 Å². The minimum Gasteiger partial charge on any atom is -0.441 e. The van der Waals surface area contributed by atoms with Gasteiger partial charge in [0, 0.05) is 37.9 Å². The number of hydrogen-bond donors (Lipinski definition) is 1. The van der Waals surface area contributed by atoms with E-state index in [1.165, 1.54) is 28.6 Å². The molecule has 1 aliphatic carbocycles. The zero-order valence-corrected chi connectivity index (χ0v) is 24.2. The summed E-state index contributed by atoms with van der Waals surface area (Å²) in [6.45, 7) is 0.450. The number of halogens is 3. The van der Waals surface area contributed by atoms with Crippen molar-refractivity contribution in [2.45, 2.75) is 60.3 Å². The lowest BCUT2D eigenvalue weighted by molar-refractivity contribution is -0.0860. The Morgan fingerprint density at radius 1 is 1.07 bits per heavy atom. The van der Waals surface area contributed by atoms with E-state index in [9.17, 15) is 27.1 Å². The number of aliphatic hydroxyl groups is 1. The Kier molecular flexibility index (Phi) is 8.62. The highest BCUT2D eigenvalue weighted by atomic mass is 35.5. The van der Waals surface area contributed by atoms with Crippen molar-refractivity contribution in [3.63, 3.8) is 0 Å². The van der Waals surface area contributed by atoms with Crippen LogP contribution in [0.4, 0.5) is 13.6 Å². The van der Waals surface area contributed by atoms with E-state index in [2.05, 4.69) is 0 Å². The number of methoxy groups -OCH3 is 1. The van der Waals surface area contributed by atoms with E-state index in [1.54, 1.807) is 12.0 Å². The van der Waals surface area contributed by atoms with E-state index in [4.69, 9.17) is 25.8 Å². The molecule has 2 aromatic rings. The molecule has 3 fully saturated rings. The van der Waals surface area contributed by atoms with E-state index < -0.39 is 51.0 Å². The lowest BCUT2D eigenvalue weighted by atomic mass is 9.88. The third-order valence-electron chi connectivity index (χ3n) is 8.40. The van der Waals surface area contributed by atoms with Crippen molar-refractivity contribution >= 4 is 27.7 Å². The number of rotatable bonds is 8. The largest absolute Gasteiger partial charge is 0.441 e. The molecule has 0 aromatic heterocycles. The van der Waals surface area contributed by atoms with Crippen LogP contribution in [0, 0.1) is 11.6 Å². The molecular formula is C28H33ClF2N2O7S. The fraction of sp³-hybridized carbons (Fsp3) is 0.536. The molecule has 0 bridgehead atoms. The highest BCUT2D eigenvalue weighted by Gasteiger charge is 2.61. The molecule has 13 heteroatoms. The molecule has 0 unspecified atom stereocenters. The summed E-state index contributed by atoms with van der Waals surface area (Å²) in [5.74, 6) is -1.70. The number of sulfonamides is 1. The van der Waals surface area contributed by atoms with Gasteiger partial charge in [-0.3, -0.25) is 0 Å². The van der Waals surface area contributed by atoms with Crippen LogP contribution in [0.2, 0.25) is 5.02 Å². The number of morpholine rings is 1. The maximum Gasteiger partial charge on any atom is 0.410 e. The van der Waals surface area contributed by atoms with Gasteiger partial charge in [0.25, 0.3) is 0 Å². The number of hydrogen-bond acceptors (Lipinski definition) is 7. The van der Waals surface area contributed by atoms with Crippen molar-refractivity contribution in [2.75, 3.05) is 40.0 Å². The van der Waals surface area contributed by atoms with E-state index in [0.717, 1.165) is 12.1 Å². The number of carbonyl (C=O) groups is 1. The first-order valence-electron chi connectivity index (χ1n) is 13.5. The number of nitrogens with zero attached hydrogens (tertiary/aromatic N) is 2.